The molecule has 0 spiro atoms. The van der Waals surface area contributed by atoms with Crippen LogP contribution in [0.4, 0.5) is 5.69 Å². The number of carbonyl (C=O) groups excluding carboxylic acids is 5. The highest BCUT2D eigenvalue weighted by Crippen LogP contribution is 2.55. The van der Waals surface area contributed by atoms with Gasteiger partial charge in [-0.25, -0.2) is 0 Å². The molecule has 3 aromatic rings. The predicted octanol–water partition coefficient (Wildman–Crippen LogP) is 6.07. The van der Waals surface area contributed by atoms with Gasteiger partial charge in [-0.3, -0.25) is 34.2 Å². The summed E-state index contributed by atoms with van der Waals surface area (Å²) in [4.78, 5) is 66.8. The van der Waals surface area contributed by atoms with E-state index in [1.54, 1.807) is 36.4 Å². The van der Waals surface area contributed by atoms with Crippen molar-refractivity contribution in [3.63, 3.8) is 0 Å². The van der Waals surface area contributed by atoms with Crippen LogP contribution >= 0.6 is 11.6 Å². The molecule has 3 heterocycles. The van der Waals surface area contributed by atoms with E-state index in [0.717, 1.165) is 49.4 Å². The zero-order valence-corrected chi connectivity index (χ0v) is 34.3. The molecule has 4 fully saturated rings. The molecule has 2 aliphatic carbocycles. The van der Waals surface area contributed by atoms with Crippen molar-refractivity contribution in [2.75, 3.05) is 24.6 Å². The van der Waals surface area contributed by atoms with Gasteiger partial charge >= 0.3 is 0 Å². The zero-order valence-electron chi connectivity index (χ0n) is 33.6. The number of rotatable bonds is 11. The quantitative estimate of drug-likeness (QED) is 0.217. The van der Waals surface area contributed by atoms with Gasteiger partial charge in [0.1, 0.15) is 35.8 Å². The number of nitrogens with one attached hydrogen (secondary N) is 2. The van der Waals surface area contributed by atoms with Gasteiger partial charge in [-0.2, -0.15) is 5.26 Å². The van der Waals surface area contributed by atoms with Crippen LogP contribution in [0.25, 0.3) is 0 Å². The highest BCUT2D eigenvalue weighted by atomic mass is 35.5. The summed E-state index contributed by atoms with van der Waals surface area (Å²) in [6.45, 7) is 10.8. The third kappa shape index (κ3) is 7.64. The van der Waals surface area contributed by atoms with Crippen molar-refractivity contribution < 1.29 is 38.2 Å². The van der Waals surface area contributed by atoms with E-state index < -0.39 is 29.7 Å². The van der Waals surface area contributed by atoms with Gasteiger partial charge in [-0.05, 0) is 79.8 Å². The second-order valence-corrected chi connectivity index (χ2v) is 18.0. The first-order chi connectivity index (χ1) is 28.1. The summed E-state index contributed by atoms with van der Waals surface area (Å²) < 4.78 is 18.8. The number of hydrogen-bond acceptors (Lipinski definition) is 10. The molecule has 5 amide bonds. The number of halogens is 1. The minimum atomic E-state index is -1.01. The van der Waals surface area contributed by atoms with Crippen LogP contribution in [0.1, 0.15) is 103 Å². The number of hydrogen-bond donors (Lipinski definition) is 2. The molecule has 5 aliphatic rings. The van der Waals surface area contributed by atoms with Gasteiger partial charge < -0.3 is 24.4 Å². The van der Waals surface area contributed by atoms with E-state index >= 15 is 0 Å². The van der Waals surface area contributed by atoms with E-state index in [4.69, 9.17) is 25.8 Å². The maximum atomic E-state index is 13.5. The molecule has 2 N–H and O–H groups in total. The number of piperidine rings is 2. The molecule has 0 unspecified atom stereocenters. The van der Waals surface area contributed by atoms with Crippen molar-refractivity contribution in [3.05, 3.63) is 87.9 Å². The molecule has 0 aromatic heterocycles. The van der Waals surface area contributed by atoms with Crippen molar-refractivity contribution >= 4 is 46.8 Å². The van der Waals surface area contributed by atoms with Crippen molar-refractivity contribution in [1.82, 2.24) is 15.5 Å². The van der Waals surface area contributed by atoms with Crippen LogP contribution in [0.2, 0.25) is 5.02 Å². The van der Waals surface area contributed by atoms with Crippen LogP contribution < -0.4 is 25.0 Å². The van der Waals surface area contributed by atoms with Crippen molar-refractivity contribution in [2.45, 2.75) is 96.6 Å². The van der Waals surface area contributed by atoms with Gasteiger partial charge in [0.2, 0.25) is 11.8 Å². The van der Waals surface area contributed by atoms with Crippen LogP contribution in [-0.2, 0) is 14.3 Å². The van der Waals surface area contributed by atoms with Gasteiger partial charge in [-0.1, -0.05) is 39.3 Å². The lowest BCUT2D eigenvalue weighted by Crippen LogP contribution is -2.74. The summed E-state index contributed by atoms with van der Waals surface area (Å²) in [5.41, 5.74) is 1.79. The number of nitriles is 1. The molecular weight excluding hydrogens is 774 g/mol. The first-order valence-electron chi connectivity index (χ1n) is 20.3. The number of carbonyl (C=O) groups is 5. The van der Waals surface area contributed by atoms with E-state index in [1.165, 1.54) is 0 Å². The fraction of sp³-hybridized carbons (Fsp3) is 0.467. The molecule has 0 radical (unpaired) electrons. The lowest BCUT2D eigenvalue weighted by Gasteiger charge is -2.63. The van der Waals surface area contributed by atoms with Crippen molar-refractivity contribution in [1.29, 1.82) is 5.26 Å². The monoisotopic (exact) mass is 821 g/mol. The van der Waals surface area contributed by atoms with E-state index in [-0.39, 0.29) is 65.1 Å². The number of amides is 5. The zero-order chi connectivity index (χ0) is 41.8. The Hall–Kier alpha value is -5.45. The number of fused-ring (bicyclic) bond motifs is 1. The molecule has 59 heavy (non-hydrogen) atoms. The molecule has 1 atom stereocenters. The van der Waals surface area contributed by atoms with Gasteiger partial charge in [0.05, 0.1) is 27.8 Å². The Kier molecular flexibility index (Phi) is 10.7. The summed E-state index contributed by atoms with van der Waals surface area (Å²) in [5.74, 6) is -0.753. The van der Waals surface area contributed by atoms with Crippen LogP contribution in [0.3, 0.4) is 0 Å². The molecule has 3 aliphatic heterocycles. The van der Waals surface area contributed by atoms with Crippen LogP contribution in [0, 0.1) is 28.1 Å². The normalized spacial score (nSPS) is 25.9. The van der Waals surface area contributed by atoms with E-state index in [0.29, 0.717) is 40.2 Å². The lowest BCUT2D eigenvalue weighted by molar-refractivity contribution is -0.164. The summed E-state index contributed by atoms with van der Waals surface area (Å²) in [6.07, 6.45) is 3.46. The second-order valence-electron chi connectivity index (χ2n) is 17.6. The molecule has 0 bridgehead atoms. The number of ether oxygens (including phenoxy) is 3. The fourth-order valence-corrected chi connectivity index (χ4v) is 9.94. The van der Waals surface area contributed by atoms with Crippen molar-refractivity contribution in [2.24, 2.45) is 16.7 Å². The fourth-order valence-electron chi connectivity index (χ4n) is 9.73. The maximum Gasteiger partial charge on any atom is 0.262 e. The maximum absolute atomic E-state index is 13.5. The molecular formula is C45H48ClN5O8. The van der Waals surface area contributed by atoms with Crippen LogP contribution in [0.15, 0.2) is 60.7 Å². The average molecular weight is 822 g/mol. The van der Waals surface area contributed by atoms with Gasteiger partial charge in [0.25, 0.3) is 17.7 Å². The summed E-state index contributed by atoms with van der Waals surface area (Å²) in [7, 11) is 0. The second kappa shape index (κ2) is 15.6. The van der Waals surface area contributed by atoms with E-state index in [9.17, 15) is 29.2 Å². The Morgan fingerprint density at radius 3 is 2.19 bits per heavy atom. The molecule has 14 heteroatoms. The summed E-state index contributed by atoms with van der Waals surface area (Å²) >= 11 is 6.24. The summed E-state index contributed by atoms with van der Waals surface area (Å²) in [6, 6.07) is 18.6. The number of imide groups is 2. The highest BCUT2D eigenvalue weighted by Gasteiger charge is 2.64. The lowest BCUT2D eigenvalue weighted by atomic mass is 9.49. The Morgan fingerprint density at radius 1 is 0.864 bits per heavy atom. The molecule has 2 saturated carbocycles. The summed E-state index contributed by atoms with van der Waals surface area (Å²) in [5, 5.41) is 15.0. The Bertz CT molecular complexity index is 2220. The van der Waals surface area contributed by atoms with Gasteiger partial charge in [0, 0.05) is 73.1 Å². The van der Waals surface area contributed by atoms with Gasteiger partial charge in [-0.15, -0.1) is 0 Å². The largest absolute Gasteiger partial charge is 0.490 e. The third-order valence-corrected chi connectivity index (χ3v) is 13.2. The predicted molar refractivity (Wildman–Crippen MR) is 217 cm³/mol. The Labute approximate surface area is 348 Å². The number of nitrogens with zero attached hydrogens (tertiary/aromatic N) is 3. The molecule has 13 nitrogen and oxygen atoms in total. The standard InChI is InChI=1S/C45H48ClN5O8/c1-44(2)42(45(3,4)43(44)59-30-10-7-27(23-47)35(46)22-30)49-38(53)26-5-8-28(9-6-26)50-17-15-25(16-18-50)24-57-31-19-32(20-31)58-29-11-12-33-34(21-29)41(56)51(40(33)55)36-13-14-37(52)48-39(36)54/h5-12,21-22,25,31-32,36,42-43H,13-20,24H2,1-4H3,(H,49,53)(H,48,52,54)/t31?,32?,36-,42?,43?/m1/s1. The van der Waals surface area contributed by atoms with Crippen LogP contribution in [-0.4, -0.2) is 84.5 Å². The van der Waals surface area contributed by atoms with Crippen molar-refractivity contribution in [3.8, 4) is 17.6 Å². The van der Waals surface area contributed by atoms with Gasteiger partial charge in [0.15, 0.2) is 0 Å². The Morgan fingerprint density at radius 2 is 1.53 bits per heavy atom. The average Bonchev–Trinajstić information content (AvgIpc) is 3.44. The highest BCUT2D eigenvalue weighted by molar-refractivity contribution is 6.31. The minimum Gasteiger partial charge on any atom is -0.490 e. The molecule has 8 rings (SSSR count). The minimum absolute atomic E-state index is 0.0684. The number of anilines is 1. The number of benzene rings is 3. The molecule has 2 saturated heterocycles. The SMILES string of the molecule is CC1(C)C(NC(=O)c2ccc(N3CCC(COC4CC(Oc5ccc6c(c5)C(=O)N([C@@H]5CCC(=O)NC5=O)C6=O)C4)CC3)cc2)C(C)(C)C1Oc1ccc(C#N)c(Cl)c1. The first-order valence-corrected chi connectivity index (χ1v) is 20.7. The Balaban J connectivity index is 0.756. The molecule has 3 aromatic carbocycles. The first kappa shape index (κ1) is 40.3. The third-order valence-electron chi connectivity index (χ3n) is 12.9. The van der Waals surface area contributed by atoms with E-state index in [1.807, 2.05) is 24.3 Å². The van der Waals surface area contributed by atoms with E-state index in [2.05, 4.69) is 49.3 Å². The molecule has 308 valence electrons. The smallest absolute Gasteiger partial charge is 0.262 e. The van der Waals surface area contributed by atoms with Crippen LogP contribution in [0.5, 0.6) is 11.5 Å². The topological polar surface area (TPSA) is 167 Å².